The van der Waals surface area contributed by atoms with Crippen molar-refractivity contribution in [2.45, 2.75) is 20.3 Å². The van der Waals surface area contributed by atoms with Crippen molar-refractivity contribution >= 4 is 17.5 Å². The SMILES string of the molecule is CNC(=O)Cc1ccccc1NC(=O)c1cc(C)cc(C)c1. The number of benzene rings is 2. The lowest BCUT2D eigenvalue weighted by molar-refractivity contribution is -0.119. The Labute approximate surface area is 130 Å². The molecule has 0 aliphatic carbocycles. The zero-order valence-electron chi connectivity index (χ0n) is 13.1. The van der Waals surface area contributed by atoms with E-state index in [0.717, 1.165) is 16.7 Å². The summed E-state index contributed by atoms with van der Waals surface area (Å²) >= 11 is 0. The van der Waals surface area contributed by atoms with Gasteiger partial charge in [-0.25, -0.2) is 0 Å². The highest BCUT2D eigenvalue weighted by atomic mass is 16.2. The van der Waals surface area contributed by atoms with Gasteiger partial charge in [-0.05, 0) is 37.6 Å². The molecule has 0 bridgehead atoms. The number of nitrogens with one attached hydrogen (secondary N) is 2. The van der Waals surface area contributed by atoms with Crippen molar-refractivity contribution in [2.75, 3.05) is 12.4 Å². The predicted octanol–water partition coefficient (Wildman–Crippen LogP) is 2.84. The Balaban J connectivity index is 2.23. The van der Waals surface area contributed by atoms with Crippen LogP contribution in [0.4, 0.5) is 5.69 Å². The van der Waals surface area contributed by atoms with Gasteiger partial charge in [0.2, 0.25) is 5.91 Å². The van der Waals surface area contributed by atoms with Gasteiger partial charge in [0.05, 0.1) is 6.42 Å². The molecule has 0 fully saturated rings. The topological polar surface area (TPSA) is 58.2 Å². The second-order valence-electron chi connectivity index (χ2n) is 5.34. The number of carbonyl (C=O) groups is 2. The Hall–Kier alpha value is -2.62. The lowest BCUT2D eigenvalue weighted by Crippen LogP contribution is -2.21. The summed E-state index contributed by atoms with van der Waals surface area (Å²) in [7, 11) is 1.60. The monoisotopic (exact) mass is 296 g/mol. The van der Waals surface area contributed by atoms with Gasteiger partial charge >= 0.3 is 0 Å². The number of rotatable bonds is 4. The van der Waals surface area contributed by atoms with E-state index < -0.39 is 0 Å². The van der Waals surface area contributed by atoms with Crippen LogP contribution in [0.25, 0.3) is 0 Å². The smallest absolute Gasteiger partial charge is 0.255 e. The van der Waals surface area contributed by atoms with Gasteiger partial charge in [-0.3, -0.25) is 9.59 Å². The van der Waals surface area contributed by atoms with E-state index >= 15 is 0 Å². The van der Waals surface area contributed by atoms with Crippen LogP contribution in [-0.4, -0.2) is 18.9 Å². The van der Waals surface area contributed by atoms with E-state index in [9.17, 15) is 9.59 Å². The average Bonchev–Trinajstić information content (AvgIpc) is 2.48. The van der Waals surface area contributed by atoms with Crippen molar-refractivity contribution in [1.29, 1.82) is 0 Å². The van der Waals surface area contributed by atoms with E-state index in [2.05, 4.69) is 10.6 Å². The first-order valence-electron chi connectivity index (χ1n) is 7.17. The molecule has 0 aliphatic heterocycles. The highest BCUT2D eigenvalue weighted by Gasteiger charge is 2.11. The predicted molar refractivity (Wildman–Crippen MR) is 88.1 cm³/mol. The summed E-state index contributed by atoms with van der Waals surface area (Å²) in [6, 6.07) is 13.1. The van der Waals surface area contributed by atoms with Crippen molar-refractivity contribution in [3.63, 3.8) is 0 Å². The fourth-order valence-corrected chi connectivity index (χ4v) is 2.36. The van der Waals surface area contributed by atoms with Gasteiger partial charge in [-0.1, -0.05) is 35.4 Å². The molecule has 22 heavy (non-hydrogen) atoms. The Morgan fingerprint density at radius 3 is 2.27 bits per heavy atom. The Kier molecular flexibility index (Phi) is 4.94. The van der Waals surface area contributed by atoms with Gasteiger partial charge in [-0.2, -0.15) is 0 Å². The van der Waals surface area contributed by atoms with Crippen molar-refractivity contribution < 1.29 is 9.59 Å². The molecule has 2 aromatic carbocycles. The molecular weight excluding hydrogens is 276 g/mol. The molecule has 0 unspecified atom stereocenters. The van der Waals surface area contributed by atoms with Crippen LogP contribution in [0.1, 0.15) is 27.0 Å². The molecule has 0 saturated carbocycles. The van der Waals surface area contributed by atoms with Crippen LogP contribution >= 0.6 is 0 Å². The molecule has 0 aromatic heterocycles. The zero-order valence-corrected chi connectivity index (χ0v) is 13.1. The molecule has 4 nitrogen and oxygen atoms in total. The van der Waals surface area contributed by atoms with Gasteiger partial charge in [0, 0.05) is 18.3 Å². The molecule has 2 N–H and O–H groups in total. The first-order valence-corrected chi connectivity index (χ1v) is 7.17. The molecule has 114 valence electrons. The maximum atomic E-state index is 12.4. The van der Waals surface area contributed by atoms with Crippen LogP contribution in [0.15, 0.2) is 42.5 Å². The molecule has 2 aromatic rings. The van der Waals surface area contributed by atoms with Crippen LogP contribution in [0, 0.1) is 13.8 Å². The van der Waals surface area contributed by atoms with Gasteiger partial charge in [0.1, 0.15) is 0 Å². The summed E-state index contributed by atoms with van der Waals surface area (Å²) in [6.45, 7) is 3.92. The number of likely N-dealkylation sites (N-methyl/N-ethyl adjacent to an activating group) is 1. The van der Waals surface area contributed by atoms with Crippen LogP contribution in [0.3, 0.4) is 0 Å². The fraction of sp³-hybridized carbons (Fsp3) is 0.222. The summed E-state index contributed by atoms with van der Waals surface area (Å²) in [6.07, 6.45) is 0.236. The van der Waals surface area contributed by atoms with Crippen LogP contribution in [0.2, 0.25) is 0 Å². The largest absolute Gasteiger partial charge is 0.359 e. The van der Waals surface area contributed by atoms with Crippen molar-refractivity contribution in [3.8, 4) is 0 Å². The van der Waals surface area contributed by atoms with Crippen LogP contribution in [-0.2, 0) is 11.2 Å². The Bertz CT molecular complexity index is 688. The molecule has 0 heterocycles. The lowest BCUT2D eigenvalue weighted by Gasteiger charge is -2.11. The van der Waals surface area contributed by atoms with E-state index in [1.54, 1.807) is 13.1 Å². The number of aryl methyl sites for hydroxylation is 2. The maximum absolute atomic E-state index is 12.4. The number of hydrogen-bond acceptors (Lipinski definition) is 2. The van der Waals surface area contributed by atoms with E-state index in [1.165, 1.54) is 0 Å². The average molecular weight is 296 g/mol. The molecule has 0 spiro atoms. The van der Waals surface area contributed by atoms with Crippen LogP contribution < -0.4 is 10.6 Å². The molecular formula is C18H20N2O2. The summed E-state index contributed by atoms with van der Waals surface area (Å²) in [5.74, 6) is -0.260. The second kappa shape index (κ2) is 6.89. The molecule has 0 atom stereocenters. The molecule has 2 rings (SSSR count). The minimum absolute atomic E-state index is 0.0897. The van der Waals surface area contributed by atoms with E-state index in [1.807, 2.05) is 50.2 Å². The Morgan fingerprint density at radius 1 is 1.00 bits per heavy atom. The number of carbonyl (C=O) groups excluding carboxylic acids is 2. The Morgan fingerprint density at radius 2 is 1.64 bits per heavy atom. The fourth-order valence-electron chi connectivity index (χ4n) is 2.36. The summed E-state index contributed by atoms with van der Waals surface area (Å²) < 4.78 is 0. The quantitative estimate of drug-likeness (QED) is 0.911. The summed E-state index contributed by atoms with van der Waals surface area (Å²) in [5, 5.41) is 5.48. The first-order chi connectivity index (χ1) is 10.5. The standard InChI is InChI=1S/C18H20N2O2/c1-12-8-13(2)10-15(9-12)18(22)20-16-7-5-4-6-14(16)11-17(21)19-3/h4-10H,11H2,1-3H3,(H,19,21)(H,20,22). The minimum Gasteiger partial charge on any atom is -0.359 e. The van der Waals surface area contributed by atoms with Gasteiger partial charge in [0.15, 0.2) is 0 Å². The van der Waals surface area contributed by atoms with E-state index in [4.69, 9.17) is 0 Å². The third-order valence-corrected chi connectivity index (χ3v) is 3.38. The number of para-hydroxylation sites is 1. The highest BCUT2D eigenvalue weighted by Crippen LogP contribution is 2.18. The summed E-state index contributed by atoms with van der Waals surface area (Å²) in [4.78, 5) is 24.0. The summed E-state index contributed by atoms with van der Waals surface area (Å²) in [5.41, 5.74) is 4.16. The van der Waals surface area contributed by atoms with Crippen LogP contribution in [0.5, 0.6) is 0 Å². The number of anilines is 1. The third-order valence-electron chi connectivity index (χ3n) is 3.38. The van der Waals surface area contributed by atoms with Gasteiger partial charge < -0.3 is 10.6 Å². The number of hydrogen-bond donors (Lipinski definition) is 2. The molecule has 4 heteroatoms. The van der Waals surface area contributed by atoms with E-state index in [-0.39, 0.29) is 18.2 Å². The molecule has 2 amide bonds. The maximum Gasteiger partial charge on any atom is 0.255 e. The van der Waals surface area contributed by atoms with Crippen molar-refractivity contribution in [3.05, 3.63) is 64.7 Å². The number of amides is 2. The van der Waals surface area contributed by atoms with E-state index in [0.29, 0.717) is 11.3 Å². The molecule has 0 radical (unpaired) electrons. The lowest BCUT2D eigenvalue weighted by atomic mass is 10.1. The van der Waals surface area contributed by atoms with Gasteiger partial charge in [-0.15, -0.1) is 0 Å². The van der Waals surface area contributed by atoms with Gasteiger partial charge in [0.25, 0.3) is 5.91 Å². The first kappa shape index (κ1) is 15.8. The highest BCUT2D eigenvalue weighted by molar-refractivity contribution is 6.05. The second-order valence-corrected chi connectivity index (χ2v) is 5.34. The van der Waals surface area contributed by atoms with Crippen molar-refractivity contribution in [2.24, 2.45) is 0 Å². The molecule has 0 aliphatic rings. The zero-order chi connectivity index (χ0) is 16.1. The minimum atomic E-state index is -0.170. The molecule has 0 saturated heterocycles. The normalized spacial score (nSPS) is 10.1. The third kappa shape index (κ3) is 3.95. The van der Waals surface area contributed by atoms with Crippen molar-refractivity contribution in [1.82, 2.24) is 5.32 Å².